The minimum absolute atomic E-state index is 0.284. The van der Waals surface area contributed by atoms with Gasteiger partial charge in [-0.1, -0.05) is 17.7 Å². The van der Waals surface area contributed by atoms with Gasteiger partial charge in [-0.25, -0.2) is 0 Å². The average molecular weight is 269 g/mol. The molecule has 0 aliphatic heterocycles. The first-order chi connectivity index (χ1) is 9.56. The highest BCUT2D eigenvalue weighted by Gasteiger charge is 2.67. The topological polar surface area (TPSA) is 29.1 Å². The monoisotopic (exact) mass is 269 g/mol. The molecule has 4 rings (SSSR count). The number of anilines is 1. The van der Waals surface area contributed by atoms with Crippen LogP contribution in [0.3, 0.4) is 0 Å². The lowest BCUT2D eigenvalue weighted by atomic mass is 10.0. The van der Waals surface area contributed by atoms with Gasteiger partial charge in [0, 0.05) is 11.6 Å². The van der Waals surface area contributed by atoms with Crippen molar-refractivity contribution in [1.82, 2.24) is 0 Å². The number of amides is 1. The van der Waals surface area contributed by atoms with Crippen molar-refractivity contribution >= 4 is 11.6 Å². The third-order valence-corrected chi connectivity index (χ3v) is 5.96. The van der Waals surface area contributed by atoms with E-state index in [1.165, 1.54) is 36.0 Å². The van der Waals surface area contributed by atoms with E-state index in [2.05, 4.69) is 38.2 Å². The molecular weight excluding hydrogens is 246 g/mol. The number of benzene rings is 1. The molecule has 0 aromatic heterocycles. The van der Waals surface area contributed by atoms with Gasteiger partial charge in [0.05, 0.1) is 0 Å². The second-order valence-electron chi connectivity index (χ2n) is 7.28. The quantitative estimate of drug-likeness (QED) is 0.868. The molecule has 106 valence electrons. The largest absolute Gasteiger partial charge is 0.325 e. The lowest BCUT2D eigenvalue weighted by Gasteiger charge is -2.14. The number of hydrogen-bond acceptors (Lipinski definition) is 1. The summed E-state index contributed by atoms with van der Waals surface area (Å²) in [5.41, 5.74) is 4.67. The number of hydrogen-bond donors (Lipinski definition) is 1. The van der Waals surface area contributed by atoms with Crippen LogP contribution in [0.25, 0.3) is 0 Å². The second-order valence-corrected chi connectivity index (χ2v) is 7.28. The molecule has 20 heavy (non-hydrogen) atoms. The van der Waals surface area contributed by atoms with Crippen molar-refractivity contribution in [2.45, 2.75) is 40.0 Å². The summed E-state index contributed by atoms with van der Waals surface area (Å²) in [5.74, 6) is 3.77. The Hall–Kier alpha value is -1.31. The minimum Gasteiger partial charge on any atom is -0.325 e. The van der Waals surface area contributed by atoms with E-state index in [0.717, 1.165) is 29.4 Å². The third-order valence-electron chi connectivity index (χ3n) is 5.96. The Labute approximate surface area is 121 Å². The van der Waals surface area contributed by atoms with Crippen molar-refractivity contribution in [1.29, 1.82) is 0 Å². The summed E-state index contributed by atoms with van der Waals surface area (Å²) in [6, 6.07) is 4.31. The predicted molar refractivity (Wildman–Crippen MR) is 80.6 cm³/mol. The Balaban J connectivity index is 1.52. The highest BCUT2D eigenvalue weighted by molar-refractivity contribution is 5.96. The van der Waals surface area contributed by atoms with Gasteiger partial charge in [-0.15, -0.1) is 0 Å². The van der Waals surface area contributed by atoms with Crippen molar-refractivity contribution in [3.05, 3.63) is 28.8 Å². The van der Waals surface area contributed by atoms with Gasteiger partial charge in [-0.05, 0) is 74.8 Å². The standard InChI is InChI=1S/C18H23NO/c1-9-6-10(2)17(11(3)7-9)19-18(20)16-14-12-4-5-13(8-12)15(14)16/h6-7,12-16H,4-5,8H2,1-3H3,(H,19,20)/t12-,13+,14-,15-,16?/m1/s1. The summed E-state index contributed by atoms with van der Waals surface area (Å²) >= 11 is 0. The smallest absolute Gasteiger partial charge is 0.228 e. The molecule has 3 aliphatic carbocycles. The van der Waals surface area contributed by atoms with E-state index in [0.29, 0.717) is 5.92 Å². The maximum Gasteiger partial charge on any atom is 0.228 e. The Bertz CT molecular complexity index is 552. The summed E-state index contributed by atoms with van der Waals surface area (Å²) < 4.78 is 0. The van der Waals surface area contributed by atoms with Gasteiger partial charge in [0.25, 0.3) is 0 Å². The zero-order chi connectivity index (χ0) is 14.0. The first-order valence-corrected chi connectivity index (χ1v) is 7.95. The van der Waals surface area contributed by atoms with Crippen LogP contribution in [0.5, 0.6) is 0 Å². The summed E-state index contributed by atoms with van der Waals surface area (Å²) in [6.45, 7) is 6.29. The van der Waals surface area contributed by atoms with Crippen molar-refractivity contribution < 1.29 is 4.79 Å². The highest BCUT2D eigenvalue weighted by atomic mass is 16.2. The Kier molecular flexibility index (Phi) is 2.55. The Morgan fingerprint density at radius 3 is 2.15 bits per heavy atom. The van der Waals surface area contributed by atoms with Crippen LogP contribution in [0.4, 0.5) is 5.69 Å². The van der Waals surface area contributed by atoms with E-state index in [-0.39, 0.29) is 5.91 Å². The first-order valence-electron chi connectivity index (χ1n) is 7.95. The molecule has 3 aliphatic rings. The molecule has 1 N–H and O–H groups in total. The Morgan fingerprint density at radius 2 is 1.60 bits per heavy atom. The molecule has 0 heterocycles. The van der Waals surface area contributed by atoms with Crippen LogP contribution in [-0.4, -0.2) is 5.91 Å². The van der Waals surface area contributed by atoms with E-state index in [4.69, 9.17) is 0 Å². The second kappa shape index (κ2) is 4.09. The van der Waals surface area contributed by atoms with Gasteiger partial charge in [-0.3, -0.25) is 4.79 Å². The maximum atomic E-state index is 12.6. The lowest BCUT2D eigenvalue weighted by Crippen LogP contribution is -2.19. The van der Waals surface area contributed by atoms with Crippen LogP contribution in [0, 0.1) is 50.4 Å². The molecule has 1 aromatic rings. The van der Waals surface area contributed by atoms with E-state index >= 15 is 0 Å². The van der Waals surface area contributed by atoms with Gasteiger partial charge in [0.1, 0.15) is 0 Å². The lowest BCUT2D eigenvalue weighted by molar-refractivity contribution is -0.118. The van der Waals surface area contributed by atoms with Crippen LogP contribution in [-0.2, 0) is 4.79 Å². The number of nitrogens with one attached hydrogen (secondary N) is 1. The minimum atomic E-state index is 0.284. The fourth-order valence-corrected chi connectivity index (χ4v) is 5.26. The molecule has 0 spiro atoms. The van der Waals surface area contributed by atoms with Crippen LogP contribution in [0.1, 0.15) is 36.0 Å². The van der Waals surface area contributed by atoms with Gasteiger partial charge < -0.3 is 5.32 Å². The van der Waals surface area contributed by atoms with Crippen molar-refractivity contribution in [3.8, 4) is 0 Å². The zero-order valence-corrected chi connectivity index (χ0v) is 12.6. The molecule has 2 heteroatoms. The number of carbonyl (C=O) groups is 1. The fourth-order valence-electron chi connectivity index (χ4n) is 5.26. The highest BCUT2D eigenvalue weighted by Crippen LogP contribution is 2.69. The van der Waals surface area contributed by atoms with Crippen LogP contribution in [0.2, 0.25) is 0 Å². The van der Waals surface area contributed by atoms with Crippen molar-refractivity contribution in [2.75, 3.05) is 5.32 Å². The van der Waals surface area contributed by atoms with Crippen LogP contribution >= 0.6 is 0 Å². The molecule has 1 amide bonds. The van der Waals surface area contributed by atoms with Crippen LogP contribution < -0.4 is 5.32 Å². The summed E-state index contributed by atoms with van der Waals surface area (Å²) in [7, 11) is 0. The van der Waals surface area contributed by atoms with Gasteiger partial charge >= 0.3 is 0 Å². The molecule has 5 atom stereocenters. The number of carbonyl (C=O) groups excluding carboxylic acids is 1. The van der Waals surface area contributed by atoms with Gasteiger partial charge in [0.2, 0.25) is 5.91 Å². The number of rotatable bonds is 2. The molecule has 1 aromatic carbocycles. The molecular formula is C18H23NO. The SMILES string of the molecule is Cc1cc(C)c(NC(=O)C2[C@@H]3[C@@H]4CC[C@@H](C4)[C@@H]23)c(C)c1. The first kappa shape index (κ1) is 12.4. The summed E-state index contributed by atoms with van der Waals surface area (Å²) in [5, 5.41) is 3.23. The molecule has 3 fully saturated rings. The summed E-state index contributed by atoms with van der Waals surface area (Å²) in [4.78, 5) is 12.6. The summed E-state index contributed by atoms with van der Waals surface area (Å²) in [6.07, 6.45) is 4.15. The van der Waals surface area contributed by atoms with E-state index in [1.54, 1.807) is 0 Å². The van der Waals surface area contributed by atoms with Gasteiger partial charge in [-0.2, -0.15) is 0 Å². The molecule has 0 radical (unpaired) electrons. The maximum absolute atomic E-state index is 12.6. The molecule has 2 nitrogen and oxygen atoms in total. The van der Waals surface area contributed by atoms with Crippen LogP contribution in [0.15, 0.2) is 12.1 Å². The molecule has 1 unspecified atom stereocenters. The molecule has 3 saturated carbocycles. The molecule has 0 saturated heterocycles. The van der Waals surface area contributed by atoms with E-state index < -0.39 is 0 Å². The van der Waals surface area contributed by atoms with E-state index in [1.807, 2.05) is 0 Å². The Morgan fingerprint density at radius 1 is 1.05 bits per heavy atom. The average Bonchev–Trinajstić information content (AvgIpc) is 2.82. The normalized spacial score (nSPS) is 36.9. The number of fused-ring (bicyclic) bond motifs is 5. The van der Waals surface area contributed by atoms with E-state index in [9.17, 15) is 4.79 Å². The number of aryl methyl sites for hydroxylation is 3. The predicted octanol–water partition coefficient (Wildman–Crippen LogP) is 3.84. The van der Waals surface area contributed by atoms with Crippen molar-refractivity contribution in [3.63, 3.8) is 0 Å². The third kappa shape index (κ3) is 1.66. The zero-order valence-electron chi connectivity index (χ0n) is 12.6. The van der Waals surface area contributed by atoms with Gasteiger partial charge in [0.15, 0.2) is 0 Å². The van der Waals surface area contributed by atoms with Crippen molar-refractivity contribution in [2.24, 2.45) is 29.6 Å². The fraction of sp³-hybridized carbons (Fsp3) is 0.611. The molecule has 2 bridgehead atoms.